The minimum atomic E-state index is -3.25. The van der Waals surface area contributed by atoms with Crippen LogP contribution in [0, 0.1) is 6.92 Å². The molecule has 0 aliphatic rings. The molecule has 0 saturated carbocycles. The number of methoxy groups -OCH3 is 1. The van der Waals surface area contributed by atoms with E-state index in [-0.39, 0.29) is 6.04 Å². The topological polar surface area (TPSA) is 67.4 Å². The summed E-state index contributed by atoms with van der Waals surface area (Å²) in [5, 5.41) is 3.42. The van der Waals surface area contributed by atoms with Crippen molar-refractivity contribution in [3.05, 3.63) is 53.6 Å². The van der Waals surface area contributed by atoms with E-state index in [4.69, 9.17) is 4.74 Å². The quantitative estimate of drug-likeness (QED) is 0.848. The molecule has 2 rings (SSSR count). The Balaban J connectivity index is 2.15. The van der Waals surface area contributed by atoms with Gasteiger partial charge in [-0.3, -0.25) is 4.72 Å². The average molecular weight is 334 g/mol. The molecule has 2 aromatic rings. The maximum atomic E-state index is 11.2. The standard InChI is InChI=1S/C17H22N2O3S/c1-12-5-10-17(22-3)16(11-12)18-13(2)14-6-8-15(9-7-14)19-23(4,20)21/h5-11,13,18-19H,1-4H3. The van der Waals surface area contributed by atoms with Crippen LogP contribution in [0.4, 0.5) is 11.4 Å². The van der Waals surface area contributed by atoms with Gasteiger partial charge in [0.2, 0.25) is 10.0 Å². The van der Waals surface area contributed by atoms with Crippen molar-refractivity contribution in [3.63, 3.8) is 0 Å². The van der Waals surface area contributed by atoms with Gasteiger partial charge in [-0.1, -0.05) is 18.2 Å². The monoisotopic (exact) mass is 334 g/mol. The van der Waals surface area contributed by atoms with E-state index in [0.29, 0.717) is 5.69 Å². The molecule has 2 N–H and O–H groups in total. The van der Waals surface area contributed by atoms with Crippen LogP contribution in [-0.4, -0.2) is 21.8 Å². The molecular weight excluding hydrogens is 312 g/mol. The fourth-order valence-electron chi connectivity index (χ4n) is 2.31. The molecule has 0 fully saturated rings. The van der Waals surface area contributed by atoms with E-state index >= 15 is 0 Å². The Hall–Kier alpha value is -2.21. The summed E-state index contributed by atoms with van der Waals surface area (Å²) in [6.07, 6.45) is 1.13. The molecule has 5 nitrogen and oxygen atoms in total. The summed E-state index contributed by atoms with van der Waals surface area (Å²) in [5.41, 5.74) is 3.68. The Morgan fingerprint density at radius 3 is 2.30 bits per heavy atom. The van der Waals surface area contributed by atoms with Crippen LogP contribution in [0.25, 0.3) is 0 Å². The fourth-order valence-corrected chi connectivity index (χ4v) is 2.87. The zero-order chi connectivity index (χ0) is 17.0. The Morgan fingerprint density at radius 2 is 1.74 bits per heavy atom. The van der Waals surface area contributed by atoms with Crippen molar-refractivity contribution in [2.75, 3.05) is 23.4 Å². The van der Waals surface area contributed by atoms with Crippen LogP contribution in [0.3, 0.4) is 0 Å². The highest BCUT2D eigenvalue weighted by atomic mass is 32.2. The Labute approximate surface area is 137 Å². The summed E-state index contributed by atoms with van der Waals surface area (Å²) in [6, 6.07) is 13.3. The smallest absolute Gasteiger partial charge is 0.229 e. The minimum absolute atomic E-state index is 0.0537. The molecule has 0 aromatic heterocycles. The van der Waals surface area contributed by atoms with Crippen LogP contribution in [0.5, 0.6) is 5.75 Å². The molecule has 0 saturated heterocycles. The second kappa shape index (κ2) is 6.91. The van der Waals surface area contributed by atoms with E-state index in [2.05, 4.69) is 10.0 Å². The second-order valence-corrected chi connectivity index (χ2v) is 7.31. The first kappa shape index (κ1) is 17.1. The van der Waals surface area contributed by atoms with Crippen molar-refractivity contribution in [2.45, 2.75) is 19.9 Å². The molecule has 0 spiro atoms. The molecule has 0 aliphatic carbocycles. The molecular formula is C17H22N2O3S. The molecule has 0 radical (unpaired) electrons. The lowest BCUT2D eigenvalue weighted by Gasteiger charge is -2.19. The average Bonchev–Trinajstić information content (AvgIpc) is 2.46. The summed E-state index contributed by atoms with van der Waals surface area (Å²) < 4.78 is 30.3. The highest BCUT2D eigenvalue weighted by molar-refractivity contribution is 7.92. The maximum Gasteiger partial charge on any atom is 0.229 e. The van der Waals surface area contributed by atoms with Crippen LogP contribution in [0.2, 0.25) is 0 Å². The predicted molar refractivity (Wildman–Crippen MR) is 94.7 cm³/mol. The number of aryl methyl sites for hydroxylation is 1. The van der Waals surface area contributed by atoms with Crippen molar-refractivity contribution in [1.82, 2.24) is 0 Å². The number of hydrogen-bond acceptors (Lipinski definition) is 4. The van der Waals surface area contributed by atoms with Gasteiger partial charge in [-0.15, -0.1) is 0 Å². The maximum absolute atomic E-state index is 11.2. The van der Waals surface area contributed by atoms with Gasteiger partial charge < -0.3 is 10.1 Å². The van der Waals surface area contributed by atoms with Crippen LogP contribution in [0.15, 0.2) is 42.5 Å². The first-order valence-corrected chi connectivity index (χ1v) is 9.16. The van der Waals surface area contributed by atoms with Crippen LogP contribution < -0.4 is 14.8 Å². The van der Waals surface area contributed by atoms with Gasteiger partial charge in [0.1, 0.15) is 5.75 Å². The van der Waals surface area contributed by atoms with Crippen molar-refractivity contribution < 1.29 is 13.2 Å². The molecule has 0 amide bonds. The molecule has 2 aromatic carbocycles. The van der Waals surface area contributed by atoms with E-state index in [9.17, 15) is 8.42 Å². The third-order valence-corrected chi connectivity index (χ3v) is 4.05. The third kappa shape index (κ3) is 4.89. The fraction of sp³-hybridized carbons (Fsp3) is 0.294. The minimum Gasteiger partial charge on any atom is -0.495 e. The molecule has 0 aliphatic heterocycles. The molecule has 1 atom stereocenters. The molecule has 23 heavy (non-hydrogen) atoms. The Morgan fingerprint density at radius 1 is 1.09 bits per heavy atom. The lowest BCUT2D eigenvalue weighted by Crippen LogP contribution is -2.10. The summed E-state index contributed by atoms with van der Waals surface area (Å²) in [7, 11) is -1.61. The largest absolute Gasteiger partial charge is 0.495 e. The number of nitrogens with one attached hydrogen (secondary N) is 2. The lowest BCUT2D eigenvalue weighted by molar-refractivity contribution is 0.416. The third-order valence-electron chi connectivity index (χ3n) is 3.44. The van der Waals surface area contributed by atoms with E-state index in [1.807, 2.05) is 44.2 Å². The zero-order valence-electron chi connectivity index (χ0n) is 13.8. The number of benzene rings is 2. The van der Waals surface area contributed by atoms with Gasteiger partial charge in [0.25, 0.3) is 0 Å². The number of anilines is 2. The van der Waals surface area contributed by atoms with E-state index in [1.165, 1.54) is 0 Å². The molecule has 124 valence electrons. The summed E-state index contributed by atoms with van der Waals surface area (Å²) in [4.78, 5) is 0. The predicted octanol–water partition coefficient (Wildman–Crippen LogP) is 3.55. The lowest BCUT2D eigenvalue weighted by atomic mass is 10.1. The first-order chi connectivity index (χ1) is 10.8. The van der Waals surface area contributed by atoms with Gasteiger partial charge in [0.15, 0.2) is 0 Å². The van der Waals surface area contributed by atoms with Crippen molar-refractivity contribution in [3.8, 4) is 5.75 Å². The summed E-state index contributed by atoms with van der Waals surface area (Å²) >= 11 is 0. The van der Waals surface area contributed by atoms with E-state index in [0.717, 1.165) is 28.8 Å². The Kier molecular flexibility index (Phi) is 5.15. The van der Waals surface area contributed by atoms with Crippen LogP contribution >= 0.6 is 0 Å². The molecule has 0 bridgehead atoms. The van der Waals surface area contributed by atoms with Gasteiger partial charge in [-0.2, -0.15) is 0 Å². The van der Waals surface area contributed by atoms with Crippen molar-refractivity contribution in [1.29, 1.82) is 0 Å². The van der Waals surface area contributed by atoms with Gasteiger partial charge in [0.05, 0.1) is 19.1 Å². The van der Waals surface area contributed by atoms with E-state index < -0.39 is 10.0 Å². The van der Waals surface area contributed by atoms with Crippen molar-refractivity contribution >= 4 is 21.4 Å². The van der Waals surface area contributed by atoms with E-state index in [1.54, 1.807) is 19.2 Å². The number of hydrogen-bond donors (Lipinski definition) is 2. The molecule has 1 unspecified atom stereocenters. The number of sulfonamides is 1. The molecule has 6 heteroatoms. The highest BCUT2D eigenvalue weighted by Gasteiger charge is 2.10. The first-order valence-electron chi connectivity index (χ1n) is 7.27. The van der Waals surface area contributed by atoms with Crippen LogP contribution in [0.1, 0.15) is 24.1 Å². The zero-order valence-corrected chi connectivity index (χ0v) is 14.6. The van der Waals surface area contributed by atoms with Gasteiger partial charge >= 0.3 is 0 Å². The summed E-state index contributed by atoms with van der Waals surface area (Å²) in [6.45, 7) is 4.07. The van der Waals surface area contributed by atoms with Crippen LogP contribution in [-0.2, 0) is 10.0 Å². The number of rotatable bonds is 6. The van der Waals surface area contributed by atoms with Gasteiger partial charge in [-0.25, -0.2) is 8.42 Å². The normalized spacial score (nSPS) is 12.5. The van der Waals surface area contributed by atoms with Crippen molar-refractivity contribution in [2.24, 2.45) is 0 Å². The SMILES string of the molecule is COc1ccc(C)cc1NC(C)c1ccc(NS(C)(=O)=O)cc1. The van der Waals surface area contributed by atoms with Gasteiger partial charge in [-0.05, 0) is 49.2 Å². The second-order valence-electron chi connectivity index (χ2n) is 5.57. The Bertz CT molecular complexity index is 771. The van der Waals surface area contributed by atoms with Gasteiger partial charge in [0, 0.05) is 11.7 Å². The number of ether oxygens (including phenoxy) is 1. The molecule has 0 heterocycles. The highest BCUT2D eigenvalue weighted by Crippen LogP contribution is 2.29. The summed E-state index contributed by atoms with van der Waals surface area (Å²) in [5.74, 6) is 0.790.